The van der Waals surface area contributed by atoms with Gasteiger partial charge in [-0.2, -0.15) is 0 Å². The fourth-order valence-corrected chi connectivity index (χ4v) is 4.82. The van der Waals surface area contributed by atoms with Gasteiger partial charge in [0.05, 0.1) is 6.61 Å². The topological polar surface area (TPSA) is 122 Å². The lowest BCUT2D eigenvalue weighted by molar-refractivity contribution is -0.159. The summed E-state index contributed by atoms with van der Waals surface area (Å²) in [5, 5.41) is 11.8. The molecule has 1 fully saturated rings. The molecule has 1 aliphatic heterocycles. The summed E-state index contributed by atoms with van der Waals surface area (Å²) in [6, 6.07) is 13.0. The molecule has 0 radical (unpaired) electrons. The van der Waals surface area contributed by atoms with Gasteiger partial charge in [0.15, 0.2) is 0 Å². The Bertz CT molecular complexity index is 1090. The summed E-state index contributed by atoms with van der Waals surface area (Å²) >= 11 is 0. The van der Waals surface area contributed by atoms with E-state index >= 15 is 0 Å². The van der Waals surface area contributed by atoms with E-state index in [1.54, 1.807) is 6.92 Å². The Balaban J connectivity index is 1.48. The number of alkyl carbamates (subject to hydrolysis) is 1. The molecule has 2 amide bonds. The number of carboxylic acids is 1. The van der Waals surface area contributed by atoms with E-state index in [9.17, 15) is 24.3 Å². The molecule has 1 unspecified atom stereocenters. The van der Waals surface area contributed by atoms with Crippen molar-refractivity contribution in [2.75, 3.05) is 19.8 Å². The average Bonchev–Trinajstić information content (AvgIpc) is 3.19. The number of fused-ring (bicyclic) bond motifs is 3. The number of rotatable bonds is 7. The van der Waals surface area contributed by atoms with Gasteiger partial charge in [-0.25, -0.2) is 14.4 Å². The smallest absolute Gasteiger partial charge is 0.408 e. The molecule has 1 aliphatic carbocycles. The molecule has 0 aromatic heterocycles. The Morgan fingerprint density at radius 2 is 1.63 bits per heavy atom. The van der Waals surface area contributed by atoms with Crippen LogP contribution in [0.3, 0.4) is 0 Å². The van der Waals surface area contributed by atoms with E-state index in [1.807, 2.05) is 48.5 Å². The number of nitrogens with one attached hydrogen (secondary N) is 1. The normalized spacial score (nSPS) is 17.6. The van der Waals surface area contributed by atoms with Crippen molar-refractivity contribution >= 4 is 23.9 Å². The van der Waals surface area contributed by atoms with E-state index < -0.39 is 36.0 Å². The largest absolute Gasteiger partial charge is 0.480 e. The van der Waals surface area contributed by atoms with Crippen LogP contribution < -0.4 is 5.32 Å². The summed E-state index contributed by atoms with van der Waals surface area (Å²) in [5.41, 5.74) is 4.19. The van der Waals surface area contributed by atoms with Crippen LogP contribution in [0.4, 0.5) is 4.79 Å². The van der Waals surface area contributed by atoms with Crippen molar-refractivity contribution in [3.8, 4) is 11.1 Å². The SMILES string of the molecule is CCOC(=O)C(NC(=O)OCC1c2ccccc2-c2ccccc21)C(=O)N1CCCC[C@H]1C(=O)O. The van der Waals surface area contributed by atoms with Crippen LogP contribution in [0.2, 0.25) is 0 Å². The van der Waals surface area contributed by atoms with Crippen LogP contribution in [0.25, 0.3) is 11.1 Å². The predicted molar refractivity (Wildman–Crippen MR) is 126 cm³/mol. The third-order valence-electron chi connectivity index (χ3n) is 6.45. The molecule has 1 heterocycles. The maximum atomic E-state index is 13.1. The van der Waals surface area contributed by atoms with Gasteiger partial charge < -0.3 is 19.5 Å². The number of esters is 1. The van der Waals surface area contributed by atoms with Gasteiger partial charge in [0, 0.05) is 12.5 Å². The lowest BCUT2D eigenvalue weighted by atomic mass is 9.98. The van der Waals surface area contributed by atoms with Gasteiger partial charge >= 0.3 is 18.0 Å². The minimum atomic E-state index is -1.69. The van der Waals surface area contributed by atoms with E-state index in [-0.39, 0.29) is 32.1 Å². The van der Waals surface area contributed by atoms with Gasteiger partial charge in [-0.15, -0.1) is 0 Å². The first-order chi connectivity index (χ1) is 16.9. The summed E-state index contributed by atoms with van der Waals surface area (Å²) < 4.78 is 10.4. The summed E-state index contributed by atoms with van der Waals surface area (Å²) in [7, 11) is 0. The van der Waals surface area contributed by atoms with Crippen molar-refractivity contribution < 1.29 is 33.8 Å². The molecule has 2 aromatic carbocycles. The van der Waals surface area contributed by atoms with E-state index in [1.165, 1.54) is 0 Å². The number of hydrogen-bond acceptors (Lipinski definition) is 6. The third-order valence-corrected chi connectivity index (χ3v) is 6.45. The predicted octanol–water partition coefficient (Wildman–Crippen LogP) is 2.92. The van der Waals surface area contributed by atoms with Crippen LogP contribution in [0.5, 0.6) is 0 Å². The van der Waals surface area contributed by atoms with Crippen molar-refractivity contribution in [3.63, 3.8) is 0 Å². The lowest BCUT2D eigenvalue weighted by Gasteiger charge is -2.34. The molecule has 2 N–H and O–H groups in total. The molecule has 0 bridgehead atoms. The average molecular weight is 481 g/mol. The third kappa shape index (κ3) is 4.99. The van der Waals surface area contributed by atoms with E-state index in [2.05, 4.69) is 5.32 Å². The fraction of sp³-hybridized carbons (Fsp3) is 0.385. The molecular weight excluding hydrogens is 452 g/mol. The van der Waals surface area contributed by atoms with Gasteiger partial charge in [0.1, 0.15) is 12.6 Å². The number of nitrogens with zero attached hydrogens (tertiary/aromatic N) is 1. The summed E-state index contributed by atoms with van der Waals surface area (Å²) in [6.45, 7) is 1.76. The number of hydrogen-bond donors (Lipinski definition) is 2. The molecule has 0 spiro atoms. The van der Waals surface area contributed by atoms with Gasteiger partial charge in [-0.3, -0.25) is 10.1 Å². The standard InChI is InChI=1S/C26H28N2O7/c1-2-34-25(32)22(23(29)28-14-8-7-13-21(28)24(30)31)27-26(33)35-15-20-18-11-5-3-9-16(18)17-10-4-6-12-19(17)20/h3-6,9-12,20-22H,2,7-8,13-15H2,1H3,(H,27,33)(H,30,31)/t21-,22?/m0/s1. The molecule has 2 atom stereocenters. The van der Waals surface area contributed by atoms with Crippen molar-refractivity contribution in [2.45, 2.75) is 44.2 Å². The Hall–Kier alpha value is -3.88. The van der Waals surface area contributed by atoms with Crippen LogP contribution in [-0.2, 0) is 23.9 Å². The highest BCUT2D eigenvalue weighted by atomic mass is 16.6. The fourth-order valence-electron chi connectivity index (χ4n) is 4.82. The lowest BCUT2D eigenvalue weighted by Crippen LogP contribution is -2.58. The first kappa shape index (κ1) is 24.3. The van der Waals surface area contributed by atoms with Gasteiger partial charge in [-0.05, 0) is 48.4 Å². The molecule has 9 heteroatoms. The number of ether oxygens (including phenoxy) is 2. The molecule has 9 nitrogen and oxygen atoms in total. The molecule has 35 heavy (non-hydrogen) atoms. The molecular formula is C26H28N2O7. The Labute approximate surface area is 203 Å². The highest BCUT2D eigenvalue weighted by Gasteiger charge is 2.40. The van der Waals surface area contributed by atoms with Gasteiger partial charge in [0.25, 0.3) is 5.91 Å². The molecule has 2 aliphatic rings. The Morgan fingerprint density at radius 3 is 2.23 bits per heavy atom. The van der Waals surface area contributed by atoms with E-state index in [0.717, 1.165) is 27.2 Å². The van der Waals surface area contributed by atoms with Crippen molar-refractivity contribution in [2.24, 2.45) is 0 Å². The number of piperidine rings is 1. The van der Waals surface area contributed by atoms with E-state index in [0.29, 0.717) is 12.8 Å². The number of amides is 2. The minimum Gasteiger partial charge on any atom is -0.480 e. The highest BCUT2D eigenvalue weighted by Crippen LogP contribution is 2.44. The van der Waals surface area contributed by atoms with Gasteiger partial charge in [-0.1, -0.05) is 48.5 Å². The summed E-state index contributed by atoms with van der Waals surface area (Å²) in [5.74, 6) is -3.12. The number of aliphatic carboxylic acids is 1. The Kier molecular flexibility index (Phi) is 7.33. The van der Waals surface area contributed by atoms with Crippen LogP contribution in [0.1, 0.15) is 43.2 Å². The maximum absolute atomic E-state index is 13.1. The molecule has 0 saturated carbocycles. The zero-order valence-electron chi connectivity index (χ0n) is 19.4. The molecule has 184 valence electrons. The van der Waals surface area contributed by atoms with Crippen molar-refractivity contribution in [1.29, 1.82) is 0 Å². The highest BCUT2D eigenvalue weighted by molar-refractivity contribution is 6.05. The maximum Gasteiger partial charge on any atom is 0.408 e. The summed E-state index contributed by atoms with van der Waals surface area (Å²) in [4.78, 5) is 51.2. The monoisotopic (exact) mass is 480 g/mol. The first-order valence-corrected chi connectivity index (χ1v) is 11.7. The first-order valence-electron chi connectivity index (χ1n) is 11.7. The number of benzene rings is 2. The number of carboxylic acid groups (broad SMARTS) is 1. The molecule has 2 aromatic rings. The number of carbonyl (C=O) groups is 4. The van der Waals surface area contributed by atoms with Crippen molar-refractivity contribution in [3.05, 3.63) is 59.7 Å². The van der Waals surface area contributed by atoms with E-state index in [4.69, 9.17) is 9.47 Å². The zero-order chi connectivity index (χ0) is 24.9. The zero-order valence-corrected chi connectivity index (χ0v) is 19.4. The quantitative estimate of drug-likeness (QED) is 0.461. The van der Waals surface area contributed by atoms with Gasteiger partial charge in [0.2, 0.25) is 6.04 Å². The summed E-state index contributed by atoms with van der Waals surface area (Å²) in [6.07, 6.45) is 0.588. The van der Waals surface area contributed by atoms with Crippen molar-refractivity contribution in [1.82, 2.24) is 10.2 Å². The Morgan fingerprint density at radius 1 is 1.00 bits per heavy atom. The second-order valence-corrected chi connectivity index (χ2v) is 8.54. The van der Waals surface area contributed by atoms with Crippen LogP contribution >= 0.6 is 0 Å². The second-order valence-electron chi connectivity index (χ2n) is 8.54. The van der Waals surface area contributed by atoms with Crippen LogP contribution in [-0.4, -0.2) is 65.8 Å². The number of carbonyl (C=O) groups excluding carboxylic acids is 3. The molecule has 1 saturated heterocycles. The second kappa shape index (κ2) is 10.6. The minimum absolute atomic E-state index is 0.00264. The van der Waals surface area contributed by atoms with Crippen LogP contribution in [0, 0.1) is 0 Å². The van der Waals surface area contributed by atoms with Crippen LogP contribution in [0.15, 0.2) is 48.5 Å². The number of likely N-dealkylation sites (tertiary alicyclic amines) is 1. The molecule has 4 rings (SSSR count).